The molecule has 1 aromatic heterocycles. The summed E-state index contributed by atoms with van der Waals surface area (Å²) < 4.78 is 5.52. The molecule has 22 heavy (non-hydrogen) atoms. The van der Waals surface area contributed by atoms with Crippen LogP contribution < -0.4 is 4.90 Å². The Balaban J connectivity index is 2.43. The molecule has 118 valence electrons. The van der Waals surface area contributed by atoms with Gasteiger partial charge < -0.3 is 4.74 Å². The number of hydrogen-bond acceptors (Lipinski definition) is 4. The smallest absolute Gasteiger partial charge is 0.416 e. The fraction of sp³-hybridized carbons (Fsp3) is 0.562. The van der Waals surface area contributed by atoms with Crippen LogP contribution in [0.2, 0.25) is 5.28 Å². The molecule has 1 fully saturated rings. The molecular weight excluding hydrogens is 302 g/mol. The van der Waals surface area contributed by atoms with E-state index < -0.39 is 11.7 Å². The molecule has 0 bridgehead atoms. The minimum atomic E-state index is -0.596. The Labute approximate surface area is 136 Å². The number of hydrogen-bond donors (Lipinski definition) is 0. The first-order valence-electron chi connectivity index (χ1n) is 7.33. The summed E-state index contributed by atoms with van der Waals surface area (Å²) in [5.74, 6) is 2.86. The van der Waals surface area contributed by atoms with E-state index in [0.29, 0.717) is 11.4 Å². The van der Waals surface area contributed by atoms with Crippen molar-refractivity contribution in [3.63, 3.8) is 0 Å². The van der Waals surface area contributed by atoms with Crippen molar-refractivity contribution in [2.45, 2.75) is 58.1 Å². The standard InChI is InChI=1S/C16H20ClN3O2/c1-5-11-10-18-14(17)19-13(11)20(12-8-6-7-9-12)15(21)22-16(2,3)4/h1,10,12H,6-9H2,2-4H3. The molecule has 0 atom stereocenters. The predicted molar refractivity (Wildman–Crippen MR) is 85.9 cm³/mol. The Morgan fingerprint density at radius 2 is 2.09 bits per heavy atom. The van der Waals surface area contributed by atoms with E-state index in [1.807, 2.05) is 20.8 Å². The highest BCUT2D eigenvalue weighted by atomic mass is 35.5. The first-order chi connectivity index (χ1) is 10.3. The van der Waals surface area contributed by atoms with Crippen molar-refractivity contribution in [1.29, 1.82) is 0 Å². The van der Waals surface area contributed by atoms with Crippen LogP contribution in [0.15, 0.2) is 6.20 Å². The van der Waals surface area contributed by atoms with Crippen LogP contribution in [-0.2, 0) is 4.74 Å². The van der Waals surface area contributed by atoms with Crippen LogP contribution in [-0.4, -0.2) is 27.7 Å². The van der Waals surface area contributed by atoms with E-state index in [4.69, 9.17) is 22.8 Å². The van der Waals surface area contributed by atoms with Gasteiger partial charge in [0.25, 0.3) is 0 Å². The summed E-state index contributed by atoms with van der Waals surface area (Å²) in [6.45, 7) is 5.48. The van der Waals surface area contributed by atoms with Crippen LogP contribution in [0, 0.1) is 12.3 Å². The van der Waals surface area contributed by atoms with Gasteiger partial charge in [0.05, 0.1) is 5.56 Å². The number of amides is 1. The fourth-order valence-corrected chi connectivity index (χ4v) is 2.65. The van der Waals surface area contributed by atoms with Crippen molar-refractivity contribution in [2.24, 2.45) is 0 Å². The van der Waals surface area contributed by atoms with E-state index in [9.17, 15) is 4.79 Å². The Morgan fingerprint density at radius 3 is 2.64 bits per heavy atom. The Kier molecular flexibility index (Phi) is 4.92. The molecule has 0 radical (unpaired) electrons. The van der Waals surface area contributed by atoms with Crippen LogP contribution >= 0.6 is 11.6 Å². The summed E-state index contributed by atoms with van der Waals surface area (Å²) in [4.78, 5) is 22.3. The normalized spacial score (nSPS) is 15.4. The average molecular weight is 322 g/mol. The van der Waals surface area contributed by atoms with Crippen LogP contribution in [0.5, 0.6) is 0 Å². The van der Waals surface area contributed by atoms with Gasteiger partial charge in [0.1, 0.15) is 5.60 Å². The van der Waals surface area contributed by atoms with Crippen molar-refractivity contribution < 1.29 is 9.53 Å². The van der Waals surface area contributed by atoms with E-state index in [1.54, 1.807) is 4.90 Å². The summed E-state index contributed by atoms with van der Waals surface area (Å²) in [6.07, 6.45) is 10.4. The lowest BCUT2D eigenvalue weighted by molar-refractivity contribution is 0.0564. The van der Waals surface area contributed by atoms with Gasteiger partial charge in [0.2, 0.25) is 5.28 Å². The lowest BCUT2D eigenvalue weighted by Gasteiger charge is -2.31. The van der Waals surface area contributed by atoms with Gasteiger partial charge in [-0.05, 0) is 45.2 Å². The maximum atomic E-state index is 12.7. The van der Waals surface area contributed by atoms with Gasteiger partial charge in [0.15, 0.2) is 5.82 Å². The third-order valence-electron chi connectivity index (χ3n) is 3.40. The molecule has 1 amide bonds. The number of aromatic nitrogens is 2. The summed E-state index contributed by atoms with van der Waals surface area (Å²) in [7, 11) is 0. The lowest BCUT2D eigenvalue weighted by Crippen LogP contribution is -2.43. The number of anilines is 1. The number of ether oxygens (including phenoxy) is 1. The van der Waals surface area contributed by atoms with E-state index in [-0.39, 0.29) is 11.3 Å². The van der Waals surface area contributed by atoms with Gasteiger partial charge in [-0.3, -0.25) is 4.90 Å². The number of nitrogens with zero attached hydrogens (tertiary/aromatic N) is 3. The van der Waals surface area contributed by atoms with Gasteiger partial charge in [-0.1, -0.05) is 18.8 Å². The third-order valence-corrected chi connectivity index (χ3v) is 3.59. The number of carbonyl (C=O) groups excluding carboxylic acids is 1. The highest BCUT2D eigenvalue weighted by molar-refractivity contribution is 6.28. The van der Waals surface area contributed by atoms with E-state index in [2.05, 4.69) is 15.9 Å². The first kappa shape index (κ1) is 16.6. The Bertz CT molecular complexity index is 598. The van der Waals surface area contributed by atoms with Gasteiger partial charge in [-0.25, -0.2) is 9.78 Å². The molecule has 0 aromatic carbocycles. The van der Waals surface area contributed by atoms with Crippen molar-refractivity contribution in [1.82, 2.24) is 9.97 Å². The predicted octanol–water partition coefficient (Wildman–Crippen LogP) is 3.80. The second kappa shape index (κ2) is 6.53. The molecule has 1 heterocycles. The molecule has 0 unspecified atom stereocenters. The molecule has 5 nitrogen and oxygen atoms in total. The van der Waals surface area contributed by atoms with Crippen molar-refractivity contribution in [2.75, 3.05) is 4.90 Å². The van der Waals surface area contributed by atoms with Crippen molar-refractivity contribution in [3.05, 3.63) is 17.0 Å². The zero-order valence-electron chi connectivity index (χ0n) is 13.1. The first-order valence-corrected chi connectivity index (χ1v) is 7.71. The zero-order valence-corrected chi connectivity index (χ0v) is 13.9. The molecule has 0 N–H and O–H groups in total. The van der Waals surface area contributed by atoms with Gasteiger partial charge in [-0.2, -0.15) is 4.98 Å². The van der Waals surface area contributed by atoms with E-state index in [0.717, 1.165) is 25.7 Å². The molecule has 6 heteroatoms. The highest BCUT2D eigenvalue weighted by Crippen LogP contribution is 2.31. The fourth-order valence-electron chi connectivity index (χ4n) is 2.52. The van der Waals surface area contributed by atoms with Crippen LogP contribution in [0.3, 0.4) is 0 Å². The van der Waals surface area contributed by atoms with Crippen LogP contribution in [0.1, 0.15) is 52.0 Å². The molecule has 0 saturated heterocycles. The summed E-state index contributed by atoms with van der Waals surface area (Å²) in [6, 6.07) is 0.0212. The van der Waals surface area contributed by atoms with Gasteiger partial charge in [0, 0.05) is 12.2 Å². The van der Waals surface area contributed by atoms with Crippen LogP contribution in [0.25, 0.3) is 0 Å². The summed E-state index contributed by atoms with van der Waals surface area (Å²) in [5.41, 5.74) is -0.164. The maximum Gasteiger partial charge on any atom is 0.416 e. The average Bonchev–Trinajstić information content (AvgIpc) is 2.91. The number of rotatable bonds is 2. The zero-order chi connectivity index (χ0) is 16.3. The lowest BCUT2D eigenvalue weighted by atomic mass is 10.2. The topological polar surface area (TPSA) is 55.3 Å². The van der Waals surface area contributed by atoms with Gasteiger partial charge in [-0.15, -0.1) is 6.42 Å². The minimum absolute atomic E-state index is 0.0212. The molecule has 1 aromatic rings. The van der Waals surface area contributed by atoms with Gasteiger partial charge >= 0.3 is 6.09 Å². The molecule has 0 aliphatic heterocycles. The minimum Gasteiger partial charge on any atom is -0.443 e. The second-order valence-corrected chi connectivity index (χ2v) is 6.65. The molecule has 1 aliphatic rings. The SMILES string of the molecule is C#Cc1cnc(Cl)nc1N(C(=O)OC(C)(C)C)C1CCCC1. The maximum absolute atomic E-state index is 12.7. The molecule has 1 aliphatic carbocycles. The van der Waals surface area contributed by atoms with E-state index in [1.165, 1.54) is 6.20 Å². The Hall–Kier alpha value is -1.80. The van der Waals surface area contributed by atoms with Crippen molar-refractivity contribution in [3.8, 4) is 12.3 Å². The van der Waals surface area contributed by atoms with Crippen molar-refractivity contribution >= 4 is 23.5 Å². The molecule has 1 saturated carbocycles. The quantitative estimate of drug-likeness (QED) is 0.614. The Morgan fingerprint density at radius 1 is 1.45 bits per heavy atom. The third kappa shape index (κ3) is 3.89. The number of terminal acetylenes is 1. The largest absolute Gasteiger partial charge is 0.443 e. The number of halogens is 1. The monoisotopic (exact) mass is 321 g/mol. The second-order valence-electron chi connectivity index (χ2n) is 6.31. The molecule has 0 spiro atoms. The number of carbonyl (C=O) groups is 1. The summed E-state index contributed by atoms with van der Waals surface area (Å²) in [5, 5.41) is 0.0561. The van der Waals surface area contributed by atoms with E-state index >= 15 is 0 Å². The van der Waals surface area contributed by atoms with Crippen LogP contribution in [0.4, 0.5) is 10.6 Å². The molecular formula is C16H20ClN3O2. The summed E-state index contributed by atoms with van der Waals surface area (Å²) >= 11 is 5.89. The molecule has 2 rings (SSSR count). The highest BCUT2D eigenvalue weighted by Gasteiger charge is 2.34.